The van der Waals surface area contributed by atoms with Gasteiger partial charge in [0.2, 0.25) is 0 Å². The molecule has 3 N–H and O–H groups in total. The first-order valence-corrected chi connectivity index (χ1v) is 9.00. The number of aromatic carboxylic acids is 1. The van der Waals surface area contributed by atoms with Gasteiger partial charge in [-0.2, -0.15) is 4.99 Å². The number of aliphatic imine (C=N–C) groups is 1. The zero-order valence-corrected chi connectivity index (χ0v) is 15.7. The molecule has 1 aliphatic heterocycles. The van der Waals surface area contributed by atoms with Gasteiger partial charge in [-0.1, -0.05) is 54.3 Å². The summed E-state index contributed by atoms with van der Waals surface area (Å²) in [6.45, 7) is 0.198. The molecular formula is C22H17N3O5. The molecule has 0 aromatic heterocycles. The minimum absolute atomic E-state index is 0.161. The molecule has 3 rings (SSSR count). The minimum Gasteiger partial charge on any atom is -0.478 e. The average Bonchev–Trinajstić information content (AvgIpc) is 2.75. The number of amides is 3. The van der Waals surface area contributed by atoms with Crippen LogP contribution in [-0.2, 0) is 27.3 Å². The monoisotopic (exact) mass is 403 g/mol. The first-order chi connectivity index (χ1) is 14.4. The quantitative estimate of drug-likeness (QED) is 0.634. The molecule has 0 saturated carbocycles. The fraction of sp³-hybridized carbons (Fsp3) is 0.136. The van der Waals surface area contributed by atoms with Crippen LogP contribution in [0.4, 0.5) is 0 Å². The number of hydrogen-bond donors (Lipinski definition) is 3. The van der Waals surface area contributed by atoms with Crippen LogP contribution < -0.4 is 10.6 Å². The summed E-state index contributed by atoms with van der Waals surface area (Å²) in [4.78, 5) is 50.9. The van der Waals surface area contributed by atoms with Gasteiger partial charge in [0, 0.05) is 13.0 Å². The number of hydrogen-bond acceptors (Lipinski definition) is 4. The van der Waals surface area contributed by atoms with E-state index in [2.05, 4.69) is 27.5 Å². The highest BCUT2D eigenvalue weighted by atomic mass is 16.4. The van der Waals surface area contributed by atoms with Crippen molar-refractivity contribution < 1.29 is 24.3 Å². The Bertz CT molecular complexity index is 1080. The molecule has 30 heavy (non-hydrogen) atoms. The number of carbonyl (C=O) groups is 4. The van der Waals surface area contributed by atoms with Crippen LogP contribution in [0.5, 0.6) is 0 Å². The van der Waals surface area contributed by atoms with Gasteiger partial charge in [-0.25, -0.2) is 4.79 Å². The molecule has 0 radical (unpaired) electrons. The Hall–Kier alpha value is -4.25. The molecule has 2 aromatic rings. The van der Waals surface area contributed by atoms with E-state index >= 15 is 0 Å². The summed E-state index contributed by atoms with van der Waals surface area (Å²) >= 11 is 0. The molecule has 2 aromatic carbocycles. The van der Waals surface area contributed by atoms with Crippen molar-refractivity contribution >= 4 is 29.4 Å². The Morgan fingerprint density at radius 2 is 1.73 bits per heavy atom. The second-order valence-corrected chi connectivity index (χ2v) is 6.37. The van der Waals surface area contributed by atoms with E-state index in [1.165, 1.54) is 12.1 Å². The summed E-state index contributed by atoms with van der Waals surface area (Å²) in [5.41, 5.74) is 1.26. The van der Waals surface area contributed by atoms with Crippen LogP contribution in [0.2, 0.25) is 0 Å². The van der Waals surface area contributed by atoms with Crippen molar-refractivity contribution in [3.8, 4) is 11.8 Å². The molecule has 1 atom stereocenters. The van der Waals surface area contributed by atoms with Crippen LogP contribution in [0.3, 0.4) is 0 Å². The van der Waals surface area contributed by atoms with E-state index in [1.54, 1.807) is 12.1 Å². The lowest BCUT2D eigenvalue weighted by Gasteiger charge is -2.16. The first kappa shape index (κ1) is 20.5. The maximum atomic E-state index is 12.2. The summed E-state index contributed by atoms with van der Waals surface area (Å²) < 4.78 is 0. The summed E-state index contributed by atoms with van der Waals surface area (Å²) in [6.07, 6.45) is 0.258. The van der Waals surface area contributed by atoms with Crippen molar-refractivity contribution in [2.45, 2.75) is 19.0 Å². The molecule has 0 bridgehead atoms. The Morgan fingerprint density at radius 1 is 1.03 bits per heavy atom. The van der Waals surface area contributed by atoms with Gasteiger partial charge in [0.15, 0.2) is 11.8 Å². The number of carboxylic acids is 1. The Kier molecular flexibility index (Phi) is 6.35. The summed E-state index contributed by atoms with van der Waals surface area (Å²) in [7, 11) is 0. The molecule has 1 unspecified atom stereocenters. The second-order valence-electron chi connectivity index (χ2n) is 6.37. The maximum Gasteiger partial charge on any atom is 0.335 e. The van der Waals surface area contributed by atoms with Crippen molar-refractivity contribution in [3.05, 3.63) is 71.3 Å². The van der Waals surface area contributed by atoms with Gasteiger partial charge in [-0.05, 0) is 23.3 Å². The molecule has 150 valence electrons. The van der Waals surface area contributed by atoms with E-state index in [0.29, 0.717) is 0 Å². The van der Waals surface area contributed by atoms with Crippen molar-refractivity contribution in [3.63, 3.8) is 0 Å². The molecular weight excluding hydrogens is 386 g/mol. The number of benzene rings is 2. The van der Waals surface area contributed by atoms with Crippen molar-refractivity contribution in [1.82, 2.24) is 10.6 Å². The number of nitrogens with one attached hydrogen (secondary N) is 2. The lowest BCUT2D eigenvalue weighted by Crippen LogP contribution is -2.52. The first-order valence-electron chi connectivity index (χ1n) is 9.00. The highest BCUT2D eigenvalue weighted by Crippen LogP contribution is 2.05. The predicted molar refractivity (Wildman–Crippen MR) is 108 cm³/mol. The van der Waals surface area contributed by atoms with E-state index < -0.39 is 35.4 Å². The normalized spacial score (nSPS) is 15.3. The molecule has 0 aliphatic carbocycles. The molecule has 0 spiro atoms. The third kappa shape index (κ3) is 5.17. The Morgan fingerprint density at radius 3 is 2.40 bits per heavy atom. The largest absolute Gasteiger partial charge is 0.478 e. The fourth-order valence-electron chi connectivity index (χ4n) is 2.62. The number of rotatable bonds is 5. The Labute approximate surface area is 172 Å². The third-order valence-electron chi connectivity index (χ3n) is 4.21. The summed E-state index contributed by atoms with van der Waals surface area (Å²) in [5.74, 6) is 2.11. The van der Waals surface area contributed by atoms with Crippen LogP contribution in [0.1, 0.15) is 21.5 Å². The van der Waals surface area contributed by atoms with Crippen LogP contribution in [0.25, 0.3) is 0 Å². The van der Waals surface area contributed by atoms with Gasteiger partial charge in [0.1, 0.15) is 0 Å². The van der Waals surface area contributed by atoms with Gasteiger partial charge in [0.05, 0.1) is 5.56 Å². The van der Waals surface area contributed by atoms with E-state index in [9.17, 15) is 19.2 Å². The van der Waals surface area contributed by atoms with Gasteiger partial charge >= 0.3 is 5.97 Å². The lowest BCUT2D eigenvalue weighted by atomic mass is 10.1. The molecule has 8 heteroatoms. The standard InChI is InChI=1S/C22H17N3O5/c26-19-17(8-4-7-14-9-11-16(12-10-14)22(29)30)24-21(28)18(25-19)20(27)23-13-15-5-2-1-3-6-15/h1-3,5-6,9-12,17H,7,13H2,(H,23,27)(H,24,28)(H,29,30). The molecule has 8 nitrogen and oxygen atoms in total. The fourth-order valence-corrected chi connectivity index (χ4v) is 2.62. The maximum absolute atomic E-state index is 12.2. The average molecular weight is 403 g/mol. The van der Waals surface area contributed by atoms with Crippen molar-refractivity contribution in [1.29, 1.82) is 0 Å². The summed E-state index contributed by atoms with van der Waals surface area (Å²) in [6, 6.07) is 14.1. The number of nitrogens with zero attached hydrogens (tertiary/aromatic N) is 1. The lowest BCUT2D eigenvalue weighted by molar-refractivity contribution is -0.126. The minimum atomic E-state index is -1.14. The molecule has 1 heterocycles. The van der Waals surface area contributed by atoms with Crippen molar-refractivity contribution in [2.24, 2.45) is 4.99 Å². The molecule has 1 aliphatic rings. The number of carbonyl (C=O) groups excluding carboxylic acids is 3. The predicted octanol–water partition coefficient (Wildman–Crippen LogP) is 0.713. The molecule has 0 saturated heterocycles. The van der Waals surface area contributed by atoms with Crippen molar-refractivity contribution in [2.75, 3.05) is 0 Å². The van der Waals surface area contributed by atoms with E-state index in [1.807, 2.05) is 30.3 Å². The Balaban J connectivity index is 1.59. The van der Waals surface area contributed by atoms with Crippen LogP contribution in [0, 0.1) is 11.8 Å². The number of carboxylic acid groups (broad SMARTS) is 1. The van der Waals surface area contributed by atoms with Gasteiger partial charge in [-0.15, -0.1) is 0 Å². The molecule has 0 fully saturated rings. The topological polar surface area (TPSA) is 125 Å². The van der Waals surface area contributed by atoms with Gasteiger partial charge in [-0.3, -0.25) is 14.4 Å². The van der Waals surface area contributed by atoms with Gasteiger partial charge in [0.25, 0.3) is 17.7 Å². The second kappa shape index (κ2) is 9.30. The van der Waals surface area contributed by atoms with E-state index in [4.69, 9.17) is 5.11 Å². The van der Waals surface area contributed by atoms with E-state index in [0.717, 1.165) is 11.1 Å². The zero-order valence-electron chi connectivity index (χ0n) is 15.7. The smallest absolute Gasteiger partial charge is 0.335 e. The third-order valence-corrected chi connectivity index (χ3v) is 4.21. The zero-order chi connectivity index (χ0) is 21.5. The van der Waals surface area contributed by atoms with Crippen LogP contribution >= 0.6 is 0 Å². The summed E-state index contributed by atoms with van der Waals surface area (Å²) in [5, 5.41) is 13.8. The van der Waals surface area contributed by atoms with E-state index in [-0.39, 0.29) is 18.5 Å². The highest BCUT2D eigenvalue weighted by molar-refractivity contribution is 6.66. The SMILES string of the molecule is O=C(NCc1ccccc1)C1=NC(=O)C(C#CCc2ccc(C(=O)O)cc2)NC1=O. The highest BCUT2D eigenvalue weighted by Gasteiger charge is 2.31. The van der Waals surface area contributed by atoms with Gasteiger partial charge < -0.3 is 15.7 Å². The van der Waals surface area contributed by atoms with Crippen LogP contribution in [-0.4, -0.2) is 40.6 Å². The molecule has 3 amide bonds. The van der Waals surface area contributed by atoms with Crippen LogP contribution in [0.15, 0.2) is 59.6 Å².